The molecular formula is C19H24N2O3Si. The average Bonchev–Trinajstić information content (AvgIpc) is 2.67. The summed E-state index contributed by atoms with van der Waals surface area (Å²) in [5, 5.41) is 0. The number of hydrogen-bond acceptors (Lipinski definition) is 3. The molecule has 5 nitrogen and oxygen atoms in total. The van der Waals surface area contributed by atoms with Gasteiger partial charge in [-0.2, -0.15) is 0 Å². The van der Waals surface area contributed by atoms with E-state index in [0.717, 1.165) is 0 Å². The molecule has 0 heterocycles. The molecule has 6 heteroatoms. The lowest BCUT2D eigenvalue weighted by Gasteiger charge is -2.45. The molecule has 0 radical (unpaired) electrons. The van der Waals surface area contributed by atoms with Crippen molar-refractivity contribution >= 4 is 21.6 Å². The number of nitrogens with zero attached hydrogens (tertiary/aromatic N) is 2. The van der Waals surface area contributed by atoms with Crippen LogP contribution in [0.2, 0.25) is 6.55 Å². The highest BCUT2D eigenvalue weighted by molar-refractivity contribution is 6.25. The van der Waals surface area contributed by atoms with Gasteiger partial charge < -0.3 is 4.43 Å². The van der Waals surface area contributed by atoms with Crippen LogP contribution in [0, 0.1) is 0 Å². The Kier molecular flexibility index (Phi) is 6.11. The van der Waals surface area contributed by atoms with Crippen LogP contribution in [0.4, 0.5) is 0 Å². The van der Waals surface area contributed by atoms with Crippen molar-refractivity contribution in [3.63, 3.8) is 0 Å². The van der Waals surface area contributed by atoms with Crippen LogP contribution in [0.3, 0.4) is 0 Å². The molecule has 2 aromatic rings. The molecule has 0 saturated carbocycles. The zero-order valence-electron chi connectivity index (χ0n) is 15.1. The van der Waals surface area contributed by atoms with E-state index in [4.69, 9.17) is 4.43 Å². The molecule has 2 amide bonds. The summed E-state index contributed by atoms with van der Waals surface area (Å²) < 4.78 is 5.99. The van der Waals surface area contributed by atoms with Gasteiger partial charge in [0.2, 0.25) is 5.85 Å². The lowest BCUT2D eigenvalue weighted by atomic mass is 10.1. The summed E-state index contributed by atoms with van der Waals surface area (Å²) in [5.74, 6) is -1.54. The quantitative estimate of drug-likeness (QED) is 0.590. The molecule has 2 aromatic carbocycles. The summed E-state index contributed by atoms with van der Waals surface area (Å²) in [6.07, 6.45) is 0. The SMILES string of the molecule is C[SiH2]OC(C)(N(C)C(=O)c1ccccc1)N(C)C(=O)c1ccccc1. The second kappa shape index (κ2) is 8.09. The van der Waals surface area contributed by atoms with E-state index >= 15 is 0 Å². The maximum atomic E-state index is 12.9. The fourth-order valence-electron chi connectivity index (χ4n) is 2.62. The Morgan fingerprint density at radius 2 is 1.20 bits per heavy atom. The zero-order chi connectivity index (χ0) is 18.4. The molecule has 25 heavy (non-hydrogen) atoms. The highest BCUT2D eigenvalue weighted by atomic mass is 28.2. The summed E-state index contributed by atoms with van der Waals surface area (Å²) in [5.41, 5.74) is 1.11. The van der Waals surface area contributed by atoms with Gasteiger partial charge in [-0.1, -0.05) is 42.9 Å². The molecule has 0 saturated heterocycles. The van der Waals surface area contributed by atoms with Crippen LogP contribution in [-0.2, 0) is 4.43 Å². The normalized spacial score (nSPS) is 11.5. The largest absolute Gasteiger partial charge is 0.387 e. The Morgan fingerprint density at radius 1 is 0.840 bits per heavy atom. The number of carbonyl (C=O) groups is 2. The van der Waals surface area contributed by atoms with Crippen molar-refractivity contribution in [2.24, 2.45) is 0 Å². The monoisotopic (exact) mass is 356 g/mol. The van der Waals surface area contributed by atoms with Crippen molar-refractivity contribution in [2.75, 3.05) is 14.1 Å². The Bertz CT molecular complexity index is 664. The molecule has 0 N–H and O–H groups in total. The molecule has 0 atom stereocenters. The van der Waals surface area contributed by atoms with Gasteiger partial charge >= 0.3 is 0 Å². The van der Waals surface area contributed by atoms with Crippen LogP contribution in [0.15, 0.2) is 60.7 Å². The molecule has 0 bridgehead atoms. The van der Waals surface area contributed by atoms with E-state index < -0.39 is 15.6 Å². The second-order valence-corrected chi connectivity index (χ2v) is 6.69. The third-order valence-corrected chi connectivity index (χ3v) is 5.15. The number of benzene rings is 2. The predicted molar refractivity (Wildman–Crippen MR) is 101 cm³/mol. The molecule has 0 aromatic heterocycles. The van der Waals surface area contributed by atoms with Gasteiger partial charge in [0, 0.05) is 32.1 Å². The highest BCUT2D eigenvalue weighted by Gasteiger charge is 2.40. The zero-order valence-corrected chi connectivity index (χ0v) is 16.5. The molecule has 0 aliphatic heterocycles. The minimum absolute atomic E-state index is 0.196. The van der Waals surface area contributed by atoms with Crippen molar-refractivity contribution in [1.82, 2.24) is 9.80 Å². The van der Waals surface area contributed by atoms with Gasteiger partial charge in [0.25, 0.3) is 11.8 Å². The van der Waals surface area contributed by atoms with Gasteiger partial charge in [-0.3, -0.25) is 19.4 Å². The maximum Gasteiger partial charge on any atom is 0.257 e. The molecule has 132 valence electrons. The first kappa shape index (κ1) is 18.9. The standard InChI is InChI=1S/C19H24N2O3Si/c1-19(24-25-4,20(2)17(22)15-11-7-5-8-12-15)21(3)18(23)16-13-9-6-10-14-16/h5-14H,25H2,1-4H3. The third kappa shape index (κ3) is 3.97. The fourth-order valence-corrected chi connectivity index (χ4v) is 3.55. The number of carbonyl (C=O) groups excluding carboxylic acids is 2. The van der Waals surface area contributed by atoms with Gasteiger partial charge in [-0.05, 0) is 24.3 Å². The van der Waals surface area contributed by atoms with Crippen LogP contribution in [0.25, 0.3) is 0 Å². The van der Waals surface area contributed by atoms with E-state index in [1.807, 2.05) is 42.9 Å². The van der Waals surface area contributed by atoms with Crippen LogP contribution >= 0.6 is 0 Å². The lowest BCUT2D eigenvalue weighted by molar-refractivity contribution is -0.126. The Morgan fingerprint density at radius 3 is 1.52 bits per heavy atom. The summed E-state index contributed by atoms with van der Waals surface area (Å²) >= 11 is 0. The van der Waals surface area contributed by atoms with Crippen molar-refractivity contribution < 1.29 is 14.0 Å². The Labute approximate surface area is 151 Å². The van der Waals surface area contributed by atoms with E-state index in [1.54, 1.807) is 45.3 Å². The van der Waals surface area contributed by atoms with E-state index in [9.17, 15) is 9.59 Å². The molecular weight excluding hydrogens is 332 g/mol. The number of hydrogen-bond donors (Lipinski definition) is 0. The molecule has 2 rings (SSSR count). The first-order chi connectivity index (χ1) is 11.9. The average molecular weight is 356 g/mol. The molecule has 0 unspecified atom stereocenters. The van der Waals surface area contributed by atoms with Crippen molar-refractivity contribution in [3.05, 3.63) is 71.8 Å². The van der Waals surface area contributed by atoms with Gasteiger partial charge in [-0.25, -0.2) is 0 Å². The minimum Gasteiger partial charge on any atom is -0.387 e. The lowest BCUT2D eigenvalue weighted by Crippen LogP contribution is -2.61. The fraction of sp³-hybridized carbons (Fsp3) is 0.263. The van der Waals surface area contributed by atoms with Gasteiger partial charge in [0.1, 0.15) is 0 Å². The molecule has 0 aliphatic carbocycles. The van der Waals surface area contributed by atoms with Gasteiger partial charge in [0.15, 0.2) is 9.76 Å². The molecule has 0 fully saturated rings. The van der Waals surface area contributed by atoms with Crippen LogP contribution in [-0.4, -0.2) is 51.3 Å². The number of amides is 2. The first-order valence-corrected chi connectivity index (χ1v) is 10.2. The van der Waals surface area contributed by atoms with Crippen molar-refractivity contribution in [1.29, 1.82) is 0 Å². The van der Waals surface area contributed by atoms with E-state index in [1.165, 1.54) is 9.80 Å². The van der Waals surface area contributed by atoms with E-state index in [2.05, 4.69) is 0 Å². The third-order valence-electron chi connectivity index (χ3n) is 4.31. The second-order valence-electron chi connectivity index (χ2n) is 5.83. The first-order valence-electron chi connectivity index (χ1n) is 8.22. The Balaban J connectivity index is 2.33. The number of rotatable bonds is 6. The molecule has 0 spiro atoms. The maximum absolute atomic E-state index is 12.9. The predicted octanol–water partition coefficient (Wildman–Crippen LogP) is 2.35. The topological polar surface area (TPSA) is 49.9 Å². The van der Waals surface area contributed by atoms with Crippen LogP contribution in [0.5, 0.6) is 0 Å². The summed E-state index contributed by atoms with van der Waals surface area (Å²) in [6.45, 7) is 3.73. The molecule has 0 aliphatic rings. The van der Waals surface area contributed by atoms with E-state index in [0.29, 0.717) is 11.1 Å². The van der Waals surface area contributed by atoms with Crippen LogP contribution in [0.1, 0.15) is 27.6 Å². The Hall–Kier alpha value is -2.44. The summed E-state index contributed by atoms with van der Waals surface area (Å²) in [4.78, 5) is 28.7. The van der Waals surface area contributed by atoms with Crippen molar-refractivity contribution in [3.8, 4) is 0 Å². The smallest absolute Gasteiger partial charge is 0.257 e. The van der Waals surface area contributed by atoms with Crippen molar-refractivity contribution in [2.45, 2.75) is 19.3 Å². The van der Waals surface area contributed by atoms with Crippen LogP contribution < -0.4 is 0 Å². The van der Waals surface area contributed by atoms with Gasteiger partial charge in [0.05, 0.1) is 0 Å². The summed E-state index contributed by atoms with van der Waals surface area (Å²) in [7, 11) is 2.43. The minimum atomic E-state index is -1.15. The van der Waals surface area contributed by atoms with Gasteiger partial charge in [-0.15, -0.1) is 0 Å². The highest BCUT2D eigenvalue weighted by Crippen LogP contribution is 2.23. The van der Waals surface area contributed by atoms with E-state index in [-0.39, 0.29) is 11.8 Å². The summed E-state index contributed by atoms with van der Waals surface area (Å²) in [6, 6.07) is 18.0.